The summed E-state index contributed by atoms with van der Waals surface area (Å²) in [4.78, 5) is 11.6. The quantitative estimate of drug-likeness (QED) is 0.891. The molecule has 0 aliphatic rings. The minimum Gasteiger partial charge on any atom is -0.326 e. The summed E-state index contributed by atoms with van der Waals surface area (Å²) < 4.78 is 39.3. The van der Waals surface area contributed by atoms with Crippen LogP contribution in [-0.4, -0.2) is 29.3 Å². The van der Waals surface area contributed by atoms with Gasteiger partial charge in [0.15, 0.2) is 0 Å². The van der Waals surface area contributed by atoms with Crippen molar-refractivity contribution in [2.24, 2.45) is 0 Å². The van der Waals surface area contributed by atoms with Crippen LogP contribution in [0.3, 0.4) is 0 Å². The second-order valence-electron chi connectivity index (χ2n) is 4.57. The second-order valence-corrected chi connectivity index (χ2v) is 4.57. The first-order valence-electron chi connectivity index (χ1n) is 6.58. The Hall–Kier alpha value is -2.35. The molecule has 0 aliphatic carbocycles. The van der Waals surface area contributed by atoms with Crippen molar-refractivity contribution < 1.29 is 18.0 Å². The minimum absolute atomic E-state index is 0.169. The van der Waals surface area contributed by atoms with Crippen molar-refractivity contribution in [3.05, 3.63) is 42.2 Å². The smallest absolute Gasteiger partial charge is 0.326 e. The van der Waals surface area contributed by atoms with Gasteiger partial charge in [-0.1, -0.05) is 0 Å². The van der Waals surface area contributed by atoms with Crippen LogP contribution >= 0.6 is 0 Å². The first kappa shape index (κ1) is 16.0. The lowest BCUT2D eigenvalue weighted by Crippen LogP contribution is -2.18. The van der Waals surface area contributed by atoms with E-state index in [1.165, 1.54) is 24.3 Å². The zero-order chi connectivity index (χ0) is 16.2. The van der Waals surface area contributed by atoms with Crippen LogP contribution in [0.15, 0.2) is 36.5 Å². The van der Waals surface area contributed by atoms with E-state index in [1.54, 1.807) is 7.05 Å². The molecule has 1 aromatic carbocycles. The number of benzene rings is 1. The highest BCUT2D eigenvalue weighted by Crippen LogP contribution is 2.30. The summed E-state index contributed by atoms with van der Waals surface area (Å²) in [6.45, 7) is 0.548. The maximum atomic E-state index is 12.8. The first-order chi connectivity index (χ1) is 10.4. The Morgan fingerprint density at radius 3 is 2.50 bits per heavy atom. The largest absolute Gasteiger partial charge is 0.433 e. The Balaban J connectivity index is 2.13. The Morgan fingerprint density at radius 1 is 1.23 bits per heavy atom. The van der Waals surface area contributed by atoms with E-state index in [0.29, 0.717) is 18.7 Å². The Kier molecular flexibility index (Phi) is 4.81. The van der Waals surface area contributed by atoms with Gasteiger partial charge >= 0.3 is 6.18 Å². The van der Waals surface area contributed by atoms with E-state index in [0.717, 1.165) is 16.9 Å². The highest BCUT2D eigenvalue weighted by atomic mass is 19.4. The maximum Gasteiger partial charge on any atom is 0.433 e. The molecule has 0 saturated heterocycles. The van der Waals surface area contributed by atoms with Crippen LogP contribution in [0, 0.1) is 0 Å². The normalized spacial score (nSPS) is 11.5. The molecule has 0 fully saturated rings. The molecule has 1 amide bonds. The number of rotatable bonds is 5. The van der Waals surface area contributed by atoms with Crippen LogP contribution in [0.1, 0.15) is 12.1 Å². The molecule has 0 bridgehead atoms. The van der Waals surface area contributed by atoms with Crippen molar-refractivity contribution in [3.63, 3.8) is 0 Å². The number of nitrogens with one attached hydrogen (secondary N) is 2. The number of amides is 1. The fourth-order valence-electron chi connectivity index (χ4n) is 1.87. The molecular formula is C14H15F3N4O. The van der Waals surface area contributed by atoms with E-state index >= 15 is 0 Å². The number of carbonyl (C=O) groups excluding carboxylic acids is 1. The number of carbonyl (C=O) groups is 1. The first-order valence-corrected chi connectivity index (χ1v) is 6.58. The van der Waals surface area contributed by atoms with Crippen molar-refractivity contribution in [3.8, 4) is 5.69 Å². The third kappa shape index (κ3) is 3.85. The van der Waals surface area contributed by atoms with Crippen LogP contribution in [0.4, 0.5) is 18.9 Å². The molecular weight excluding hydrogens is 297 g/mol. The van der Waals surface area contributed by atoms with Crippen molar-refractivity contribution in [2.45, 2.75) is 12.6 Å². The number of halogens is 3. The molecule has 0 saturated carbocycles. The monoisotopic (exact) mass is 312 g/mol. The molecule has 5 nitrogen and oxygen atoms in total. The van der Waals surface area contributed by atoms with Crippen LogP contribution in [-0.2, 0) is 11.0 Å². The van der Waals surface area contributed by atoms with Gasteiger partial charge in [0.05, 0.1) is 11.9 Å². The molecule has 1 aromatic heterocycles. The molecule has 2 N–H and O–H groups in total. The Bertz CT molecular complexity index is 634. The van der Waals surface area contributed by atoms with Gasteiger partial charge in [0.2, 0.25) is 5.91 Å². The molecule has 0 aliphatic heterocycles. The van der Waals surface area contributed by atoms with E-state index in [4.69, 9.17) is 0 Å². The molecule has 2 aromatic rings. The van der Waals surface area contributed by atoms with E-state index in [-0.39, 0.29) is 11.6 Å². The molecule has 0 radical (unpaired) electrons. The van der Waals surface area contributed by atoms with Crippen LogP contribution in [0.2, 0.25) is 0 Å². The molecule has 2 rings (SSSR count). The lowest BCUT2D eigenvalue weighted by molar-refractivity contribution is -0.142. The zero-order valence-corrected chi connectivity index (χ0v) is 11.8. The van der Waals surface area contributed by atoms with E-state index in [1.807, 2.05) is 0 Å². The van der Waals surface area contributed by atoms with Crippen LogP contribution < -0.4 is 10.6 Å². The fraction of sp³-hybridized carbons (Fsp3) is 0.286. The second kappa shape index (κ2) is 6.61. The summed E-state index contributed by atoms with van der Waals surface area (Å²) in [6.07, 6.45) is -3.07. The SMILES string of the molecule is CNCCC(=O)Nc1ccc(-n2nccc2C(F)(F)F)cc1. The predicted octanol–water partition coefficient (Wildman–Crippen LogP) is 2.44. The third-order valence-corrected chi connectivity index (χ3v) is 2.93. The van der Waals surface area contributed by atoms with Crippen molar-refractivity contribution in [1.82, 2.24) is 15.1 Å². The highest BCUT2D eigenvalue weighted by molar-refractivity contribution is 5.90. The molecule has 118 valence electrons. The molecule has 8 heteroatoms. The minimum atomic E-state index is -4.48. The number of hydrogen-bond donors (Lipinski definition) is 2. The highest BCUT2D eigenvalue weighted by Gasteiger charge is 2.35. The topological polar surface area (TPSA) is 59.0 Å². The standard InChI is InChI=1S/C14H15F3N4O/c1-18-8-7-13(22)20-10-2-4-11(5-3-10)21-12(6-9-19-21)14(15,16)17/h2-6,9,18H,7-8H2,1H3,(H,20,22). The third-order valence-electron chi connectivity index (χ3n) is 2.93. The number of alkyl halides is 3. The molecule has 22 heavy (non-hydrogen) atoms. The van der Waals surface area contributed by atoms with E-state index in [9.17, 15) is 18.0 Å². The number of nitrogens with zero attached hydrogens (tertiary/aromatic N) is 2. The fourth-order valence-corrected chi connectivity index (χ4v) is 1.87. The number of anilines is 1. The van der Waals surface area contributed by atoms with Gasteiger partial charge in [-0.05, 0) is 37.4 Å². The summed E-state index contributed by atoms with van der Waals surface area (Å²) >= 11 is 0. The van der Waals surface area contributed by atoms with E-state index < -0.39 is 11.9 Å². The molecule has 0 unspecified atom stereocenters. The van der Waals surface area contributed by atoms with Gasteiger partial charge in [0.25, 0.3) is 0 Å². The average Bonchev–Trinajstić information content (AvgIpc) is 2.95. The van der Waals surface area contributed by atoms with Gasteiger partial charge in [-0.2, -0.15) is 18.3 Å². The Morgan fingerprint density at radius 2 is 1.91 bits per heavy atom. The molecule has 1 heterocycles. The van der Waals surface area contributed by atoms with Crippen molar-refractivity contribution in [1.29, 1.82) is 0 Å². The summed E-state index contributed by atoms with van der Waals surface area (Å²) in [6, 6.07) is 6.92. The summed E-state index contributed by atoms with van der Waals surface area (Å²) in [5, 5.41) is 9.20. The number of aromatic nitrogens is 2. The molecule has 0 atom stereocenters. The van der Waals surface area contributed by atoms with Gasteiger partial charge in [-0.15, -0.1) is 0 Å². The van der Waals surface area contributed by atoms with Crippen LogP contribution in [0.25, 0.3) is 5.69 Å². The summed E-state index contributed by atoms with van der Waals surface area (Å²) in [5.74, 6) is -0.169. The average molecular weight is 312 g/mol. The van der Waals surface area contributed by atoms with Crippen LogP contribution in [0.5, 0.6) is 0 Å². The predicted molar refractivity (Wildman–Crippen MR) is 75.7 cm³/mol. The number of hydrogen-bond acceptors (Lipinski definition) is 3. The van der Waals surface area contributed by atoms with Gasteiger partial charge in [0, 0.05) is 18.7 Å². The van der Waals surface area contributed by atoms with Gasteiger partial charge < -0.3 is 10.6 Å². The van der Waals surface area contributed by atoms with Crippen molar-refractivity contribution in [2.75, 3.05) is 18.9 Å². The van der Waals surface area contributed by atoms with Crippen molar-refractivity contribution >= 4 is 11.6 Å². The van der Waals surface area contributed by atoms with E-state index in [2.05, 4.69) is 15.7 Å². The lowest BCUT2D eigenvalue weighted by atomic mass is 10.2. The summed E-state index contributed by atoms with van der Waals surface area (Å²) in [7, 11) is 1.74. The summed E-state index contributed by atoms with van der Waals surface area (Å²) in [5.41, 5.74) is -0.0607. The van der Waals surface area contributed by atoms with Gasteiger partial charge in [0.1, 0.15) is 5.69 Å². The molecule has 0 spiro atoms. The maximum absolute atomic E-state index is 12.8. The van der Waals surface area contributed by atoms with Gasteiger partial charge in [-0.25, -0.2) is 4.68 Å². The Labute approximate surface area is 125 Å². The lowest BCUT2D eigenvalue weighted by Gasteiger charge is -2.11. The zero-order valence-electron chi connectivity index (χ0n) is 11.8. The van der Waals surface area contributed by atoms with Gasteiger partial charge in [-0.3, -0.25) is 4.79 Å².